The molecule has 1 fully saturated rings. The first-order valence-corrected chi connectivity index (χ1v) is 7.19. The summed E-state index contributed by atoms with van der Waals surface area (Å²) in [6.07, 6.45) is 5.01. The number of aliphatic hydroxyl groups excluding tert-OH is 1. The Labute approximate surface area is 120 Å². The molecule has 2 N–H and O–H groups in total. The van der Waals surface area contributed by atoms with Crippen molar-refractivity contribution in [2.24, 2.45) is 5.92 Å². The van der Waals surface area contributed by atoms with Crippen LogP contribution in [0, 0.1) is 24.7 Å². The van der Waals surface area contributed by atoms with E-state index in [1.165, 1.54) is 25.7 Å². The number of hydrogen-bond acceptors (Lipinski definition) is 2. The van der Waals surface area contributed by atoms with Crippen molar-refractivity contribution in [2.75, 3.05) is 13.2 Å². The smallest absolute Gasteiger partial charge is 0.251 e. The van der Waals surface area contributed by atoms with E-state index >= 15 is 0 Å². The van der Waals surface area contributed by atoms with Crippen molar-refractivity contribution in [1.29, 1.82) is 0 Å². The third kappa shape index (κ3) is 3.85. The number of amides is 1. The molecule has 0 heterocycles. The zero-order valence-electron chi connectivity index (χ0n) is 11.9. The maximum absolute atomic E-state index is 12.1. The van der Waals surface area contributed by atoms with Gasteiger partial charge in [0.1, 0.15) is 6.61 Å². The molecule has 0 aliphatic heterocycles. The van der Waals surface area contributed by atoms with Crippen molar-refractivity contribution in [1.82, 2.24) is 5.32 Å². The number of rotatable bonds is 3. The van der Waals surface area contributed by atoms with Gasteiger partial charge in [-0.15, -0.1) is 0 Å². The number of hydrogen-bond donors (Lipinski definition) is 2. The molecule has 0 atom stereocenters. The number of carbonyl (C=O) groups is 1. The van der Waals surface area contributed by atoms with E-state index in [-0.39, 0.29) is 12.5 Å². The normalized spacial score (nSPS) is 14.7. The predicted molar refractivity (Wildman–Crippen MR) is 79.4 cm³/mol. The fourth-order valence-electron chi connectivity index (χ4n) is 2.59. The van der Waals surface area contributed by atoms with Gasteiger partial charge in [0, 0.05) is 17.7 Å². The Kier molecular flexibility index (Phi) is 5.20. The van der Waals surface area contributed by atoms with Gasteiger partial charge in [-0.05, 0) is 43.4 Å². The lowest BCUT2D eigenvalue weighted by Crippen LogP contribution is -2.28. The molecule has 1 saturated carbocycles. The Bertz CT molecular complexity index is 534. The van der Waals surface area contributed by atoms with Gasteiger partial charge in [-0.1, -0.05) is 30.7 Å². The zero-order valence-corrected chi connectivity index (χ0v) is 11.9. The molecule has 106 valence electrons. The van der Waals surface area contributed by atoms with Gasteiger partial charge in [0.15, 0.2) is 0 Å². The summed E-state index contributed by atoms with van der Waals surface area (Å²) in [5.41, 5.74) is 2.45. The molecule has 20 heavy (non-hydrogen) atoms. The molecule has 0 radical (unpaired) electrons. The number of aliphatic hydroxyl groups is 1. The van der Waals surface area contributed by atoms with Crippen LogP contribution in [-0.2, 0) is 0 Å². The maximum atomic E-state index is 12.1. The fraction of sp³-hybridized carbons (Fsp3) is 0.471. The number of nitrogens with one attached hydrogen (secondary N) is 1. The molecule has 0 bridgehead atoms. The zero-order chi connectivity index (χ0) is 14.4. The van der Waals surface area contributed by atoms with E-state index in [1.807, 2.05) is 19.1 Å². The summed E-state index contributed by atoms with van der Waals surface area (Å²) in [5, 5.41) is 11.8. The summed E-state index contributed by atoms with van der Waals surface area (Å²) in [7, 11) is 0. The van der Waals surface area contributed by atoms with Gasteiger partial charge in [0.05, 0.1) is 0 Å². The highest BCUT2D eigenvalue weighted by atomic mass is 16.2. The van der Waals surface area contributed by atoms with Crippen LogP contribution in [0.15, 0.2) is 18.2 Å². The van der Waals surface area contributed by atoms with Crippen molar-refractivity contribution in [3.05, 3.63) is 34.9 Å². The molecular weight excluding hydrogens is 250 g/mol. The van der Waals surface area contributed by atoms with Gasteiger partial charge < -0.3 is 10.4 Å². The summed E-state index contributed by atoms with van der Waals surface area (Å²) in [6, 6.07) is 5.51. The van der Waals surface area contributed by atoms with E-state index in [4.69, 9.17) is 5.11 Å². The number of aryl methyl sites for hydroxylation is 1. The van der Waals surface area contributed by atoms with Crippen LogP contribution in [0.5, 0.6) is 0 Å². The first kappa shape index (κ1) is 14.6. The SMILES string of the molecule is Cc1ccc(C(=O)NCC2CCCC2)cc1C#CCO. The molecule has 0 aromatic heterocycles. The second-order valence-electron chi connectivity index (χ2n) is 5.35. The van der Waals surface area contributed by atoms with Gasteiger partial charge in [-0.2, -0.15) is 0 Å². The molecule has 3 nitrogen and oxygen atoms in total. The quantitative estimate of drug-likeness (QED) is 0.828. The molecule has 1 aromatic carbocycles. The first-order valence-electron chi connectivity index (χ1n) is 7.19. The molecule has 0 saturated heterocycles. The predicted octanol–water partition coefficient (Wildman–Crippen LogP) is 2.26. The summed E-state index contributed by atoms with van der Waals surface area (Å²) in [6.45, 7) is 2.55. The average molecular weight is 271 g/mol. The van der Waals surface area contributed by atoms with Gasteiger partial charge in [-0.25, -0.2) is 0 Å². The molecular formula is C17H21NO2. The third-order valence-electron chi connectivity index (χ3n) is 3.83. The van der Waals surface area contributed by atoms with Crippen LogP contribution in [0.1, 0.15) is 47.2 Å². The molecule has 0 spiro atoms. The minimum atomic E-state index is -0.169. The van der Waals surface area contributed by atoms with Gasteiger partial charge >= 0.3 is 0 Å². The summed E-state index contributed by atoms with van der Waals surface area (Å²) in [5.74, 6) is 6.10. The largest absolute Gasteiger partial charge is 0.384 e. The number of benzene rings is 1. The van der Waals surface area contributed by atoms with E-state index in [0.717, 1.165) is 17.7 Å². The Hall–Kier alpha value is -1.79. The van der Waals surface area contributed by atoms with E-state index < -0.39 is 0 Å². The first-order chi connectivity index (χ1) is 9.70. The van der Waals surface area contributed by atoms with Crippen LogP contribution in [0.3, 0.4) is 0 Å². The lowest BCUT2D eigenvalue weighted by atomic mass is 10.0. The average Bonchev–Trinajstić information content (AvgIpc) is 2.97. The molecule has 1 aliphatic carbocycles. The maximum Gasteiger partial charge on any atom is 0.251 e. The second-order valence-corrected chi connectivity index (χ2v) is 5.35. The molecule has 2 rings (SSSR count). The Morgan fingerprint density at radius 1 is 1.40 bits per heavy atom. The molecule has 1 aromatic rings. The lowest BCUT2D eigenvalue weighted by Gasteiger charge is -2.11. The Balaban J connectivity index is 2.01. The van der Waals surface area contributed by atoms with Gasteiger partial charge in [-0.3, -0.25) is 4.79 Å². The van der Waals surface area contributed by atoms with Gasteiger partial charge in [0.25, 0.3) is 5.91 Å². The van der Waals surface area contributed by atoms with E-state index in [0.29, 0.717) is 11.5 Å². The van der Waals surface area contributed by atoms with Crippen LogP contribution in [0.4, 0.5) is 0 Å². The van der Waals surface area contributed by atoms with Crippen molar-refractivity contribution in [3.8, 4) is 11.8 Å². The van der Waals surface area contributed by atoms with Crippen molar-refractivity contribution >= 4 is 5.91 Å². The van der Waals surface area contributed by atoms with Crippen LogP contribution in [0.2, 0.25) is 0 Å². The molecule has 3 heteroatoms. The molecule has 1 amide bonds. The van der Waals surface area contributed by atoms with Crippen molar-refractivity contribution in [2.45, 2.75) is 32.6 Å². The Morgan fingerprint density at radius 3 is 2.85 bits per heavy atom. The summed E-state index contributed by atoms with van der Waals surface area (Å²) in [4.78, 5) is 12.1. The van der Waals surface area contributed by atoms with Crippen LogP contribution >= 0.6 is 0 Å². The van der Waals surface area contributed by atoms with Crippen LogP contribution in [-0.4, -0.2) is 24.2 Å². The van der Waals surface area contributed by atoms with E-state index in [9.17, 15) is 4.79 Å². The van der Waals surface area contributed by atoms with E-state index in [1.54, 1.807) is 6.07 Å². The molecule has 1 aliphatic rings. The minimum absolute atomic E-state index is 0.0380. The lowest BCUT2D eigenvalue weighted by molar-refractivity contribution is 0.0947. The van der Waals surface area contributed by atoms with Crippen LogP contribution < -0.4 is 5.32 Å². The van der Waals surface area contributed by atoms with Crippen molar-refractivity contribution in [3.63, 3.8) is 0 Å². The minimum Gasteiger partial charge on any atom is -0.384 e. The monoisotopic (exact) mass is 271 g/mol. The summed E-state index contributed by atoms with van der Waals surface area (Å²) >= 11 is 0. The highest BCUT2D eigenvalue weighted by Crippen LogP contribution is 2.23. The second kappa shape index (κ2) is 7.12. The fourth-order valence-corrected chi connectivity index (χ4v) is 2.59. The Morgan fingerprint density at radius 2 is 2.15 bits per heavy atom. The third-order valence-corrected chi connectivity index (χ3v) is 3.83. The van der Waals surface area contributed by atoms with E-state index in [2.05, 4.69) is 17.2 Å². The van der Waals surface area contributed by atoms with Crippen molar-refractivity contribution < 1.29 is 9.90 Å². The molecule has 0 unspecified atom stereocenters. The van der Waals surface area contributed by atoms with Gasteiger partial charge in [0.2, 0.25) is 0 Å². The highest BCUT2D eigenvalue weighted by molar-refractivity contribution is 5.94. The number of carbonyl (C=O) groups excluding carboxylic acids is 1. The standard InChI is InChI=1S/C17H21NO2/c1-13-8-9-16(11-15(13)7-4-10-19)17(20)18-12-14-5-2-3-6-14/h8-9,11,14,19H,2-3,5-6,10,12H2,1H3,(H,18,20). The summed E-state index contributed by atoms with van der Waals surface area (Å²) < 4.78 is 0. The topological polar surface area (TPSA) is 49.3 Å². The van der Waals surface area contributed by atoms with Crippen LogP contribution in [0.25, 0.3) is 0 Å². The highest BCUT2D eigenvalue weighted by Gasteiger charge is 2.16.